The standard InChI is InChI=1S/C20H34N2O2/c1-3-4-5-6-7-8-9-10-11-12-16-21-20(23)22-18-14-13-15-19(17-18)24-2/h13-15,17H,3-12,16H2,1-2H3,(H2,21,22,23). The molecule has 24 heavy (non-hydrogen) atoms. The van der Waals surface area contributed by atoms with Crippen LogP contribution in [0.4, 0.5) is 10.5 Å². The van der Waals surface area contributed by atoms with E-state index in [9.17, 15) is 4.79 Å². The largest absolute Gasteiger partial charge is 0.497 e. The molecule has 0 aliphatic rings. The Morgan fingerprint density at radius 1 is 0.958 bits per heavy atom. The van der Waals surface area contributed by atoms with Gasteiger partial charge in [-0.3, -0.25) is 0 Å². The number of hydrogen-bond donors (Lipinski definition) is 2. The van der Waals surface area contributed by atoms with Gasteiger partial charge in [-0.25, -0.2) is 4.79 Å². The molecular weight excluding hydrogens is 300 g/mol. The Morgan fingerprint density at radius 2 is 1.58 bits per heavy atom. The molecule has 0 fully saturated rings. The van der Waals surface area contributed by atoms with Crippen molar-refractivity contribution >= 4 is 11.7 Å². The first-order chi connectivity index (χ1) is 11.8. The van der Waals surface area contributed by atoms with Crippen molar-refractivity contribution in [2.75, 3.05) is 19.0 Å². The van der Waals surface area contributed by atoms with Gasteiger partial charge < -0.3 is 15.4 Å². The summed E-state index contributed by atoms with van der Waals surface area (Å²) in [7, 11) is 1.62. The van der Waals surface area contributed by atoms with Gasteiger partial charge in [0.25, 0.3) is 0 Å². The van der Waals surface area contributed by atoms with E-state index in [-0.39, 0.29) is 6.03 Å². The highest BCUT2D eigenvalue weighted by molar-refractivity contribution is 5.89. The van der Waals surface area contributed by atoms with Crippen molar-refractivity contribution in [3.8, 4) is 5.75 Å². The fourth-order valence-corrected chi connectivity index (χ4v) is 2.69. The highest BCUT2D eigenvalue weighted by Crippen LogP contribution is 2.16. The zero-order valence-corrected chi connectivity index (χ0v) is 15.4. The number of methoxy groups -OCH3 is 1. The molecule has 0 atom stereocenters. The van der Waals surface area contributed by atoms with Crippen molar-refractivity contribution in [3.05, 3.63) is 24.3 Å². The van der Waals surface area contributed by atoms with Crippen LogP contribution in [0.3, 0.4) is 0 Å². The first-order valence-electron chi connectivity index (χ1n) is 9.45. The molecule has 0 aliphatic heterocycles. The van der Waals surface area contributed by atoms with Crippen LogP contribution in [0, 0.1) is 0 Å². The number of anilines is 1. The van der Waals surface area contributed by atoms with Gasteiger partial charge in [-0.2, -0.15) is 0 Å². The number of ether oxygens (including phenoxy) is 1. The van der Waals surface area contributed by atoms with Gasteiger partial charge in [0.1, 0.15) is 5.75 Å². The lowest BCUT2D eigenvalue weighted by Gasteiger charge is -2.08. The lowest BCUT2D eigenvalue weighted by molar-refractivity contribution is 0.252. The number of carbonyl (C=O) groups excluding carboxylic acids is 1. The van der Waals surface area contributed by atoms with Gasteiger partial charge in [0, 0.05) is 18.3 Å². The number of benzene rings is 1. The summed E-state index contributed by atoms with van der Waals surface area (Å²) in [6, 6.07) is 7.21. The Balaban J connectivity index is 1.96. The highest BCUT2D eigenvalue weighted by atomic mass is 16.5. The number of amides is 2. The third kappa shape index (κ3) is 10.1. The van der Waals surface area contributed by atoms with Crippen molar-refractivity contribution < 1.29 is 9.53 Å². The smallest absolute Gasteiger partial charge is 0.319 e. The summed E-state index contributed by atoms with van der Waals surface area (Å²) in [4.78, 5) is 11.8. The van der Waals surface area contributed by atoms with Gasteiger partial charge in [-0.1, -0.05) is 70.8 Å². The molecule has 1 aromatic rings. The second-order valence-corrected chi connectivity index (χ2v) is 6.29. The minimum atomic E-state index is -0.154. The predicted molar refractivity (Wildman–Crippen MR) is 102 cm³/mol. The molecule has 0 heterocycles. The van der Waals surface area contributed by atoms with Crippen molar-refractivity contribution in [3.63, 3.8) is 0 Å². The molecule has 0 bridgehead atoms. The Morgan fingerprint density at radius 3 is 2.21 bits per heavy atom. The average Bonchev–Trinajstić information content (AvgIpc) is 2.60. The van der Waals surface area contributed by atoms with Crippen molar-refractivity contribution in [2.24, 2.45) is 0 Å². The third-order valence-corrected chi connectivity index (χ3v) is 4.14. The topological polar surface area (TPSA) is 50.4 Å². The first-order valence-corrected chi connectivity index (χ1v) is 9.45. The molecule has 0 aliphatic carbocycles. The molecule has 0 saturated heterocycles. The van der Waals surface area contributed by atoms with Crippen LogP contribution in [0.1, 0.15) is 71.1 Å². The average molecular weight is 335 g/mol. The Hall–Kier alpha value is -1.71. The van der Waals surface area contributed by atoms with E-state index in [1.54, 1.807) is 13.2 Å². The minimum absolute atomic E-state index is 0.154. The van der Waals surface area contributed by atoms with Gasteiger partial charge in [-0.15, -0.1) is 0 Å². The maximum absolute atomic E-state index is 11.8. The van der Waals surface area contributed by atoms with E-state index in [1.807, 2.05) is 18.2 Å². The molecule has 0 spiro atoms. The number of carbonyl (C=O) groups is 1. The van der Waals surface area contributed by atoms with E-state index >= 15 is 0 Å². The lowest BCUT2D eigenvalue weighted by atomic mass is 10.1. The Labute approximate surface area is 147 Å². The molecule has 2 N–H and O–H groups in total. The van der Waals surface area contributed by atoms with Crippen LogP contribution in [0.25, 0.3) is 0 Å². The molecule has 0 radical (unpaired) electrons. The van der Waals surface area contributed by atoms with E-state index in [2.05, 4.69) is 17.6 Å². The summed E-state index contributed by atoms with van der Waals surface area (Å²) in [5, 5.41) is 5.73. The zero-order chi connectivity index (χ0) is 17.5. The molecule has 0 unspecified atom stereocenters. The molecule has 2 amide bonds. The van der Waals surface area contributed by atoms with Crippen LogP contribution in [0.15, 0.2) is 24.3 Å². The second kappa shape index (κ2) is 13.7. The summed E-state index contributed by atoms with van der Waals surface area (Å²) in [6.45, 7) is 2.98. The van der Waals surface area contributed by atoms with Crippen LogP contribution < -0.4 is 15.4 Å². The SMILES string of the molecule is CCCCCCCCCCCCNC(=O)Nc1cccc(OC)c1. The molecular formula is C20H34N2O2. The minimum Gasteiger partial charge on any atom is -0.497 e. The van der Waals surface area contributed by atoms with Gasteiger partial charge in [-0.05, 0) is 18.6 Å². The molecule has 4 nitrogen and oxygen atoms in total. The van der Waals surface area contributed by atoms with Crippen molar-refractivity contribution in [1.82, 2.24) is 5.32 Å². The number of urea groups is 1. The number of rotatable bonds is 13. The van der Waals surface area contributed by atoms with E-state index in [0.717, 1.165) is 24.4 Å². The monoisotopic (exact) mass is 334 g/mol. The quantitative estimate of drug-likeness (QED) is 0.452. The number of hydrogen-bond acceptors (Lipinski definition) is 2. The van der Waals surface area contributed by atoms with Crippen LogP contribution >= 0.6 is 0 Å². The van der Waals surface area contributed by atoms with E-state index in [4.69, 9.17) is 4.74 Å². The molecule has 0 aromatic heterocycles. The van der Waals surface area contributed by atoms with Crippen LogP contribution in [-0.2, 0) is 0 Å². The van der Waals surface area contributed by atoms with Gasteiger partial charge in [0.2, 0.25) is 0 Å². The van der Waals surface area contributed by atoms with Crippen LogP contribution in [0.2, 0.25) is 0 Å². The molecule has 136 valence electrons. The molecule has 0 saturated carbocycles. The fraction of sp³-hybridized carbons (Fsp3) is 0.650. The maximum atomic E-state index is 11.8. The predicted octanol–water partition coefficient (Wildman–Crippen LogP) is 5.74. The summed E-state index contributed by atoms with van der Waals surface area (Å²) in [5.41, 5.74) is 0.745. The fourth-order valence-electron chi connectivity index (χ4n) is 2.69. The van der Waals surface area contributed by atoms with Crippen LogP contribution in [-0.4, -0.2) is 19.7 Å². The Bertz CT molecular complexity index is 449. The van der Waals surface area contributed by atoms with Gasteiger partial charge in [0.15, 0.2) is 0 Å². The number of unbranched alkanes of at least 4 members (excludes halogenated alkanes) is 9. The molecule has 1 rings (SSSR count). The van der Waals surface area contributed by atoms with E-state index < -0.39 is 0 Å². The summed E-state index contributed by atoms with van der Waals surface area (Å²) in [5.74, 6) is 0.738. The first kappa shape index (κ1) is 20.3. The van der Waals surface area contributed by atoms with Gasteiger partial charge >= 0.3 is 6.03 Å². The van der Waals surface area contributed by atoms with Crippen molar-refractivity contribution in [1.29, 1.82) is 0 Å². The highest BCUT2D eigenvalue weighted by Gasteiger charge is 2.02. The normalized spacial score (nSPS) is 10.4. The second-order valence-electron chi connectivity index (χ2n) is 6.29. The summed E-state index contributed by atoms with van der Waals surface area (Å²) in [6.07, 6.45) is 13.0. The Kier molecular flexibility index (Phi) is 11.6. The number of nitrogens with one attached hydrogen (secondary N) is 2. The third-order valence-electron chi connectivity index (χ3n) is 4.14. The molecule has 1 aromatic carbocycles. The maximum Gasteiger partial charge on any atom is 0.319 e. The lowest BCUT2D eigenvalue weighted by Crippen LogP contribution is -2.29. The van der Waals surface area contributed by atoms with Crippen LogP contribution in [0.5, 0.6) is 5.75 Å². The summed E-state index contributed by atoms with van der Waals surface area (Å²) < 4.78 is 5.14. The summed E-state index contributed by atoms with van der Waals surface area (Å²) >= 11 is 0. The van der Waals surface area contributed by atoms with E-state index in [0.29, 0.717) is 0 Å². The van der Waals surface area contributed by atoms with Crippen molar-refractivity contribution in [2.45, 2.75) is 71.1 Å². The van der Waals surface area contributed by atoms with Gasteiger partial charge in [0.05, 0.1) is 7.11 Å². The molecule has 4 heteroatoms. The van der Waals surface area contributed by atoms with E-state index in [1.165, 1.54) is 57.8 Å². The zero-order valence-electron chi connectivity index (χ0n) is 15.4.